The standard InChI is InChI=1S/C18H19ClN4O2/c1-11-14-9-20-23(18(2,3)4)16(14)17(25)22(21-11)10-15(24)12-5-7-13(19)8-6-12/h5-9H,10H2,1-4H3. The van der Waals surface area contributed by atoms with Gasteiger partial charge in [0, 0.05) is 16.0 Å². The number of hydrogen-bond acceptors (Lipinski definition) is 4. The minimum atomic E-state index is -0.354. The Bertz CT molecular complexity index is 1010. The summed E-state index contributed by atoms with van der Waals surface area (Å²) in [7, 11) is 0. The third kappa shape index (κ3) is 3.22. The summed E-state index contributed by atoms with van der Waals surface area (Å²) < 4.78 is 2.89. The molecule has 0 aliphatic carbocycles. The number of ketones is 1. The van der Waals surface area contributed by atoms with Crippen molar-refractivity contribution in [3.05, 3.63) is 57.1 Å². The molecule has 0 amide bonds. The van der Waals surface area contributed by atoms with Gasteiger partial charge in [-0.25, -0.2) is 4.68 Å². The largest absolute Gasteiger partial charge is 0.293 e. The van der Waals surface area contributed by atoms with Crippen molar-refractivity contribution in [3.63, 3.8) is 0 Å². The quantitative estimate of drug-likeness (QED) is 0.674. The zero-order valence-corrected chi connectivity index (χ0v) is 15.3. The van der Waals surface area contributed by atoms with Crippen LogP contribution in [0.1, 0.15) is 36.8 Å². The number of benzene rings is 1. The average molecular weight is 359 g/mol. The van der Waals surface area contributed by atoms with Crippen molar-refractivity contribution in [1.29, 1.82) is 0 Å². The van der Waals surface area contributed by atoms with Crippen LogP contribution >= 0.6 is 11.6 Å². The Hall–Kier alpha value is -2.47. The van der Waals surface area contributed by atoms with Gasteiger partial charge < -0.3 is 0 Å². The Balaban J connectivity index is 2.08. The number of carbonyl (C=O) groups excluding carboxylic acids is 1. The van der Waals surface area contributed by atoms with Crippen LogP contribution < -0.4 is 5.56 Å². The van der Waals surface area contributed by atoms with E-state index in [2.05, 4.69) is 10.2 Å². The Kier molecular flexibility index (Phi) is 4.24. The van der Waals surface area contributed by atoms with Gasteiger partial charge in [0.25, 0.3) is 5.56 Å². The lowest BCUT2D eigenvalue weighted by Crippen LogP contribution is -2.32. The number of hydrogen-bond donors (Lipinski definition) is 0. The molecule has 0 radical (unpaired) electrons. The van der Waals surface area contributed by atoms with E-state index in [0.717, 1.165) is 0 Å². The van der Waals surface area contributed by atoms with Gasteiger partial charge in [-0.05, 0) is 52.0 Å². The first-order chi connectivity index (χ1) is 11.7. The van der Waals surface area contributed by atoms with Crippen molar-refractivity contribution in [2.24, 2.45) is 0 Å². The lowest BCUT2D eigenvalue weighted by molar-refractivity contribution is 0.0966. The van der Waals surface area contributed by atoms with E-state index in [1.165, 1.54) is 4.68 Å². The molecule has 2 heterocycles. The first kappa shape index (κ1) is 17.4. The van der Waals surface area contributed by atoms with Gasteiger partial charge in [0.2, 0.25) is 0 Å². The summed E-state index contributed by atoms with van der Waals surface area (Å²) in [6.07, 6.45) is 1.65. The summed E-state index contributed by atoms with van der Waals surface area (Å²) in [5, 5.41) is 9.88. The van der Waals surface area contributed by atoms with Crippen LogP contribution in [0, 0.1) is 6.92 Å². The molecule has 0 fully saturated rings. The van der Waals surface area contributed by atoms with Gasteiger partial charge in [-0.15, -0.1) is 0 Å². The van der Waals surface area contributed by atoms with Crippen LogP contribution in [0.15, 0.2) is 35.3 Å². The molecule has 1 aromatic carbocycles. The van der Waals surface area contributed by atoms with Crippen molar-refractivity contribution < 1.29 is 4.79 Å². The number of rotatable bonds is 3. The van der Waals surface area contributed by atoms with Gasteiger partial charge in [0.05, 0.1) is 17.4 Å². The van der Waals surface area contributed by atoms with E-state index in [4.69, 9.17) is 11.6 Å². The summed E-state index contributed by atoms with van der Waals surface area (Å²) in [5.41, 5.74) is 0.931. The van der Waals surface area contributed by atoms with E-state index in [0.29, 0.717) is 27.2 Å². The lowest BCUT2D eigenvalue weighted by Gasteiger charge is -2.20. The van der Waals surface area contributed by atoms with Crippen molar-refractivity contribution in [2.75, 3.05) is 0 Å². The minimum Gasteiger partial charge on any atom is -0.292 e. The molecule has 0 atom stereocenters. The molecule has 25 heavy (non-hydrogen) atoms. The fraction of sp³-hybridized carbons (Fsp3) is 0.333. The SMILES string of the molecule is Cc1nn(CC(=O)c2ccc(Cl)cc2)c(=O)c2c1cnn2C(C)(C)C. The Labute approximate surface area is 150 Å². The second-order valence-electron chi connectivity index (χ2n) is 6.97. The Morgan fingerprint density at radius 2 is 1.84 bits per heavy atom. The Morgan fingerprint density at radius 1 is 1.20 bits per heavy atom. The second-order valence-corrected chi connectivity index (χ2v) is 7.40. The highest BCUT2D eigenvalue weighted by Crippen LogP contribution is 2.20. The second kappa shape index (κ2) is 6.11. The highest BCUT2D eigenvalue weighted by Gasteiger charge is 2.22. The molecule has 0 saturated heterocycles. The maximum atomic E-state index is 12.9. The van der Waals surface area contributed by atoms with E-state index in [1.807, 2.05) is 20.8 Å². The molecule has 0 N–H and O–H groups in total. The van der Waals surface area contributed by atoms with Crippen LogP contribution in [-0.4, -0.2) is 25.3 Å². The molecule has 130 valence electrons. The minimum absolute atomic E-state index is 0.132. The topological polar surface area (TPSA) is 69.8 Å². The third-order valence-corrected chi connectivity index (χ3v) is 4.21. The molecule has 6 nitrogen and oxygen atoms in total. The zero-order valence-electron chi connectivity index (χ0n) is 14.6. The van der Waals surface area contributed by atoms with Gasteiger partial charge in [0.15, 0.2) is 5.78 Å². The summed E-state index contributed by atoms with van der Waals surface area (Å²) >= 11 is 5.85. The van der Waals surface area contributed by atoms with Crippen molar-refractivity contribution in [3.8, 4) is 0 Å². The van der Waals surface area contributed by atoms with Crippen LogP contribution in [0.5, 0.6) is 0 Å². The summed E-state index contributed by atoms with van der Waals surface area (Å²) in [5.74, 6) is -0.202. The summed E-state index contributed by atoms with van der Waals surface area (Å²) in [4.78, 5) is 25.4. The molecule has 7 heteroatoms. The number of nitrogens with zero attached hydrogens (tertiary/aromatic N) is 4. The number of carbonyl (C=O) groups is 1. The fourth-order valence-electron chi connectivity index (χ4n) is 2.70. The van der Waals surface area contributed by atoms with Gasteiger partial charge >= 0.3 is 0 Å². The molecule has 3 aromatic rings. The predicted molar refractivity (Wildman–Crippen MR) is 97.3 cm³/mol. The molecule has 2 aromatic heterocycles. The van der Waals surface area contributed by atoms with Crippen LogP contribution in [0.3, 0.4) is 0 Å². The van der Waals surface area contributed by atoms with Gasteiger partial charge in [-0.2, -0.15) is 10.2 Å². The van der Waals surface area contributed by atoms with E-state index < -0.39 is 0 Å². The molecule has 0 saturated carbocycles. The number of fused-ring (bicyclic) bond motifs is 1. The highest BCUT2D eigenvalue weighted by atomic mass is 35.5. The molecule has 3 rings (SSSR count). The first-order valence-corrected chi connectivity index (χ1v) is 8.31. The van der Waals surface area contributed by atoms with E-state index in [-0.39, 0.29) is 23.4 Å². The molecule has 0 aliphatic rings. The normalized spacial score (nSPS) is 11.9. The van der Waals surface area contributed by atoms with Crippen LogP contribution in [0.25, 0.3) is 10.9 Å². The number of aryl methyl sites for hydroxylation is 1. The van der Waals surface area contributed by atoms with Crippen LogP contribution in [0.4, 0.5) is 0 Å². The van der Waals surface area contributed by atoms with E-state index in [1.54, 1.807) is 42.1 Å². The van der Waals surface area contributed by atoms with Gasteiger partial charge in [-0.1, -0.05) is 11.6 Å². The van der Waals surface area contributed by atoms with Crippen molar-refractivity contribution in [2.45, 2.75) is 39.8 Å². The van der Waals surface area contributed by atoms with E-state index >= 15 is 0 Å². The smallest absolute Gasteiger partial charge is 0.292 e. The van der Waals surface area contributed by atoms with Crippen LogP contribution in [0.2, 0.25) is 5.02 Å². The molecule has 0 spiro atoms. The lowest BCUT2D eigenvalue weighted by atomic mass is 10.1. The maximum Gasteiger partial charge on any atom is 0.293 e. The third-order valence-electron chi connectivity index (χ3n) is 3.96. The fourth-order valence-corrected chi connectivity index (χ4v) is 2.83. The van der Waals surface area contributed by atoms with E-state index in [9.17, 15) is 9.59 Å². The molecule has 0 unspecified atom stereocenters. The molecule has 0 bridgehead atoms. The first-order valence-electron chi connectivity index (χ1n) is 7.93. The zero-order chi connectivity index (χ0) is 18.4. The van der Waals surface area contributed by atoms with Crippen molar-refractivity contribution in [1.82, 2.24) is 19.6 Å². The molecular weight excluding hydrogens is 340 g/mol. The number of halogens is 1. The number of aromatic nitrogens is 4. The average Bonchev–Trinajstić information content (AvgIpc) is 2.99. The summed E-state index contributed by atoms with van der Waals surface area (Å²) in [6.45, 7) is 7.58. The van der Waals surface area contributed by atoms with Crippen LogP contribution in [-0.2, 0) is 12.1 Å². The van der Waals surface area contributed by atoms with Gasteiger partial charge in [0.1, 0.15) is 12.1 Å². The Morgan fingerprint density at radius 3 is 2.44 bits per heavy atom. The monoisotopic (exact) mass is 358 g/mol. The number of Topliss-reactive ketones (excluding diaryl/α,β-unsaturated/α-hetero) is 1. The van der Waals surface area contributed by atoms with Crippen molar-refractivity contribution >= 4 is 28.3 Å². The predicted octanol–water partition coefficient (Wildman–Crippen LogP) is 3.19. The highest BCUT2D eigenvalue weighted by molar-refractivity contribution is 6.30. The summed E-state index contributed by atoms with van der Waals surface area (Å²) in [6, 6.07) is 6.57. The van der Waals surface area contributed by atoms with Gasteiger partial charge in [-0.3, -0.25) is 14.3 Å². The molecular formula is C18H19ClN4O2. The maximum absolute atomic E-state index is 12.9. The molecule has 0 aliphatic heterocycles.